The van der Waals surface area contributed by atoms with Gasteiger partial charge in [-0.15, -0.1) is 11.3 Å². The molecule has 128 valence electrons. The lowest BCUT2D eigenvalue weighted by Crippen LogP contribution is -2.16. The zero-order valence-electron chi connectivity index (χ0n) is 14.3. The average molecular weight is 343 g/mol. The molecule has 1 N–H and O–H groups in total. The third-order valence-corrected chi connectivity index (χ3v) is 6.80. The Morgan fingerprint density at radius 1 is 1.38 bits per heavy atom. The Kier molecular flexibility index (Phi) is 4.44. The van der Waals surface area contributed by atoms with E-state index in [9.17, 15) is 4.79 Å². The first-order valence-electron chi connectivity index (χ1n) is 9.21. The first-order valence-corrected chi connectivity index (χ1v) is 10.0. The first-order chi connectivity index (χ1) is 11.7. The van der Waals surface area contributed by atoms with Crippen molar-refractivity contribution in [1.29, 1.82) is 0 Å². The zero-order chi connectivity index (χ0) is 16.5. The Labute approximate surface area is 147 Å². The largest absolute Gasteiger partial charge is 0.306 e. The summed E-state index contributed by atoms with van der Waals surface area (Å²) in [6.45, 7) is 2.26. The van der Waals surface area contributed by atoms with Gasteiger partial charge in [-0.05, 0) is 49.7 Å². The molecule has 2 aromatic heterocycles. The summed E-state index contributed by atoms with van der Waals surface area (Å²) in [7, 11) is 0. The Bertz CT molecular complexity index is 727. The number of hydrogen-bond donors (Lipinski definition) is 1. The van der Waals surface area contributed by atoms with Gasteiger partial charge >= 0.3 is 0 Å². The van der Waals surface area contributed by atoms with Crippen molar-refractivity contribution < 1.29 is 4.79 Å². The van der Waals surface area contributed by atoms with Crippen LogP contribution in [0.25, 0.3) is 0 Å². The first kappa shape index (κ1) is 15.9. The van der Waals surface area contributed by atoms with Gasteiger partial charge in [0.25, 0.3) is 5.91 Å². The third kappa shape index (κ3) is 3.02. The fraction of sp³-hybridized carbons (Fsp3) is 0.579. The van der Waals surface area contributed by atoms with Crippen LogP contribution in [0.4, 0.5) is 5.82 Å². The molecule has 5 heteroatoms. The molecule has 1 atom stereocenters. The summed E-state index contributed by atoms with van der Waals surface area (Å²) in [5, 5.41) is 7.53. The minimum atomic E-state index is 0.0159. The number of rotatable bonds is 4. The number of aromatic nitrogens is 2. The maximum atomic E-state index is 12.7. The predicted octanol–water partition coefficient (Wildman–Crippen LogP) is 4.83. The van der Waals surface area contributed by atoms with Crippen LogP contribution in [0.3, 0.4) is 0 Å². The lowest BCUT2D eigenvalue weighted by Gasteiger charge is -2.19. The van der Waals surface area contributed by atoms with Crippen LogP contribution in [0.1, 0.15) is 71.6 Å². The smallest absolute Gasteiger partial charge is 0.266 e. The van der Waals surface area contributed by atoms with E-state index in [0.717, 1.165) is 42.3 Å². The second-order valence-corrected chi connectivity index (χ2v) is 8.27. The van der Waals surface area contributed by atoms with Gasteiger partial charge < -0.3 is 5.32 Å². The van der Waals surface area contributed by atoms with Crippen molar-refractivity contribution in [2.24, 2.45) is 5.92 Å². The number of anilines is 1. The molecule has 0 radical (unpaired) electrons. The molecule has 24 heavy (non-hydrogen) atoms. The Morgan fingerprint density at radius 2 is 2.21 bits per heavy atom. The SMILES string of the molecule is CC[C@H]1CCc2sc(C(=O)Nc3ccnn3C3CCCC3)cc2C1. The normalized spacial score (nSPS) is 21.0. The number of aryl methyl sites for hydroxylation is 1. The van der Waals surface area contributed by atoms with E-state index in [0.29, 0.717) is 6.04 Å². The quantitative estimate of drug-likeness (QED) is 0.864. The van der Waals surface area contributed by atoms with E-state index in [1.807, 2.05) is 10.7 Å². The fourth-order valence-electron chi connectivity index (χ4n) is 4.09. The summed E-state index contributed by atoms with van der Waals surface area (Å²) < 4.78 is 2.01. The number of carbonyl (C=O) groups excluding carboxylic acids is 1. The molecule has 0 aromatic carbocycles. The van der Waals surface area contributed by atoms with Gasteiger partial charge in [0.1, 0.15) is 5.82 Å². The van der Waals surface area contributed by atoms with Crippen LogP contribution < -0.4 is 5.32 Å². The third-order valence-electron chi connectivity index (χ3n) is 5.57. The summed E-state index contributed by atoms with van der Waals surface area (Å²) in [6, 6.07) is 4.47. The van der Waals surface area contributed by atoms with Gasteiger partial charge in [-0.25, -0.2) is 4.68 Å². The van der Waals surface area contributed by atoms with Crippen molar-refractivity contribution in [1.82, 2.24) is 9.78 Å². The Morgan fingerprint density at radius 3 is 3.00 bits per heavy atom. The van der Waals surface area contributed by atoms with E-state index in [2.05, 4.69) is 23.4 Å². The van der Waals surface area contributed by atoms with E-state index in [-0.39, 0.29) is 5.91 Å². The van der Waals surface area contributed by atoms with Crippen molar-refractivity contribution >= 4 is 23.1 Å². The van der Waals surface area contributed by atoms with E-state index in [1.54, 1.807) is 17.5 Å². The van der Waals surface area contributed by atoms with Crippen LogP contribution in [-0.4, -0.2) is 15.7 Å². The minimum absolute atomic E-state index is 0.0159. The van der Waals surface area contributed by atoms with E-state index in [4.69, 9.17) is 0 Å². The van der Waals surface area contributed by atoms with Gasteiger partial charge in [0.05, 0.1) is 17.1 Å². The number of fused-ring (bicyclic) bond motifs is 1. The number of carbonyl (C=O) groups is 1. The Balaban J connectivity index is 1.49. The highest BCUT2D eigenvalue weighted by Crippen LogP contribution is 2.34. The van der Waals surface area contributed by atoms with Crippen molar-refractivity contribution in [2.45, 2.75) is 64.3 Å². The van der Waals surface area contributed by atoms with E-state index in [1.165, 1.54) is 36.1 Å². The van der Waals surface area contributed by atoms with E-state index < -0.39 is 0 Å². The summed E-state index contributed by atoms with van der Waals surface area (Å²) in [5.74, 6) is 1.64. The minimum Gasteiger partial charge on any atom is -0.306 e. The molecule has 2 aliphatic carbocycles. The van der Waals surface area contributed by atoms with Crippen LogP contribution in [0.15, 0.2) is 18.3 Å². The van der Waals surface area contributed by atoms with Gasteiger partial charge in [-0.3, -0.25) is 4.79 Å². The van der Waals surface area contributed by atoms with Gasteiger partial charge in [-0.2, -0.15) is 5.10 Å². The number of nitrogens with one attached hydrogen (secondary N) is 1. The zero-order valence-corrected chi connectivity index (χ0v) is 15.1. The van der Waals surface area contributed by atoms with E-state index >= 15 is 0 Å². The molecular weight excluding hydrogens is 318 g/mol. The highest BCUT2D eigenvalue weighted by Gasteiger charge is 2.24. The number of hydrogen-bond acceptors (Lipinski definition) is 3. The second-order valence-electron chi connectivity index (χ2n) is 7.13. The summed E-state index contributed by atoms with van der Waals surface area (Å²) in [4.78, 5) is 15.0. The predicted molar refractivity (Wildman–Crippen MR) is 97.8 cm³/mol. The molecule has 1 saturated carbocycles. The molecule has 1 fully saturated rings. The molecule has 0 unspecified atom stereocenters. The van der Waals surface area contributed by atoms with Crippen LogP contribution >= 0.6 is 11.3 Å². The Hall–Kier alpha value is -1.62. The van der Waals surface area contributed by atoms with Crippen molar-refractivity contribution in [3.63, 3.8) is 0 Å². The molecule has 2 aromatic rings. The molecule has 2 heterocycles. The van der Waals surface area contributed by atoms with Gasteiger partial charge in [0, 0.05) is 10.9 Å². The fourth-order valence-corrected chi connectivity index (χ4v) is 5.19. The molecule has 2 aliphatic rings. The van der Waals surface area contributed by atoms with Gasteiger partial charge in [0.15, 0.2) is 0 Å². The van der Waals surface area contributed by atoms with Crippen LogP contribution in [0.2, 0.25) is 0 Å². The maximum Gasteiger partial charge on any atom is 0.266 e. The number of thiophene rings is 1. The maximum absolute atomic E-state index is 12.7. The van der Waals surface area contributed by atoms with Crippen molar-refractivity contribution in [3.05, 3.63) is 33.6 Å². The summed E-state index contributed by atoms with van der Waals surface area (Å²) in [5.41, 5.74) is 1.40. The number of nitrogens with zero attached hydrogens (tertiary/aromatic N) is 2. The molecule has 1 amide bonds. The molecule has 4 nitrogen and oxygen atoms in total. The topological polar surface area (TPSA) is 46.9 Å². The number of amides is 1. The lowest BCUT2D eigenvalue weighted by atomic mass is 9.87. The van der Waals surface area contributed by atoms with Crippen LogP contribution in [0, 0.1) is 5.92 Å². The van der Waals surface area contributed by atoms with Crippen molar-refractivity contribution in [2.75, 3.05) is 5.32 Å². The molecule has 4 rings (SSSR count). The van der Waals surface area contributed by atoms with Crippen LogP contribution in [-0.2, 0) is 12.8 Å². The summed E-state index contributed by atoms with van der Waals surface area (Å²) >= 11 is 1.67. The molecule has 0 bridgehead atoms. The van der Waals surface area contributed by atoms with Gasteiger partial charge in [0.2, 0.25) is 0 Å². The molecular formula is C19H25N3OS. The highest BCUT2D eigenvalue weighted by atomic mass is 32.1. The lowest BCUT2D eigenvalue weighted by molar-refractivity contribution is 0.102. The monoisotopic (exact) mass is 343 g/mol. The standard InChI is InChI=1S/C19H25N3OS/c1-2-13-7-8-16-14(11-13)12-17(24-16)19(23)21-18-9-10-20-22(18)15-5-3-4-6-15/h9-10,12-13,15H,2-8,11H2,1H3,(H,21,23)/t13-/m0/s1. The molecule has 0 saturated heterocycles. The van der Waals surface area contributed by atoms with Crippen molar-refractivity contribution in [3.8, 4) is 0 Å². The molecule has 0 spiro atoms. The summed E-state index contributed by atoms with van der Waals surface area (Å²) in [6.07, 6.45) is 11.4. The van der Waals surface area contributed by atoms with Gasteiger partial charge in [-0.1, -0.05) is 26.2 Å². The van der Waals surface area contributed by atoms with Crippen LogP contribution in [0.5, 0.6) is 0 Å². The second kappa shape index (κ2) is 6.71. The molecule has 0 aliphatic heterocycles. The average Bonchev–Trinajstić information content (AvgIpc) is 3.33. The highest BCUT2D eigenvalue weighted by molar-refractivity contribution is 7.14.